The number of rotatable bonds is 4. The zero-order valence-electron chi connectivity index (χ0n) is 10.2. The molecule has 1 N–H and O–H groups in total. The van der Waals surface area contributed by atoms with Crippen molar-refractivity contribution in [3.8, 4) is 0 Å². The van der Waals surface area contributed by atoms with Crippen LogP contribution in [0, 0.1) is 0 Å². The number of hydrogen-bond acceptors (Lipinski definition) is 4. The van der Waals surface area contributed by atoms with Crippen molar-refractivity contribution in [2.45, 2.75) is 26.3 Å². The molecule has 0 amide bonds. The summed E-state index contributed by atoms with van der Waals surface area (Å²) in [7, 11) is 0. The van der Waals surface area contributed by atoms with Crippen LogP contribution in [0.4, 0.5) is 0 Å². The van der Waals surface area contributed by atoms with Crippen LogP contribution in [-0.4, -0.2) is 31.1 Å². The fourth-order valence-electron chi connectivity index (χ4n) is 1.83. The highest BCUT2D eigenvalue weighted by atomic mass is 16.4. The molecule has 0 aliphatic rings. The summed E-state index contributed by atoms with van der Waals surface area (Å²) in [5, 5.41) is 16.7. The molecule has 0 aliphatic carbocycles. The fourth-order valence-corrected chi connectivity index (χ4v) is 1.83. The summed E-state index contributed by atoms with van der Waals surface area (Å²) in [6.07, 6.45) is 3.42. The summed E-state index contributed by atoms with van der Waals surface area (Å²) in [5.41, 5.74) is 1.61. The highest BCUT2D eigenvalue weighted by Gasteiger charge is 2.21. The summed E-state index contributed by atoms with van der Waals surface area (Å²) < 4.78 is 1.62. The van der Waals surface area contributed by atoms with Gasteiger partial charge in [-0.3, -0.25) is 4.98 Å². The van der Waals surface area contributed by atoms with Gasteiger partial charge in [-0.1, -0.05) is 25.1 Å². The summed E-state index contributed by atoms with van der Waals surface area (Å²) >= 11 is 0. The van der Waals surface area contributed by atoms with E-state index in [1.807, 2.05) is 26.0 Å². The van der Waals surface area contributed by atoms with E-state index < -0.39 is 5.97 Å². The quantitative estimate of drug-likeness (QED) is 0.885. The smallest absolute Gasteiger partial charge is 0.358 e. The molecule has 0 spiro atoms. The van der Waals surface area contributed by atoms with Crippen molar-refractivity contribution in [3.63, 3.8) is 0 Å². The van der Waals surface area contributed by atoms with Crippen LogP contribution in [0.1, 0.15) is 41.5 Å². The van der Waals surface area contributed by atoms with E-state index in [4.69, 9.17) is 5.11 Å². The van der Waals surface area contributed by atoms with Crippen molar-refractivity contribution in [2.75, 3.05) is 0 Å². The molecule has 2 heterocycles. The first-order valence-electron chi connectivity index (χ1n) is 5.65. The molecule has 0 saturated heterocycles. The molecule has 2 aromatic rings. The first kappa shape index (κ1) is 12.2. The lowest BCUT2D eigenvalue weighted by Gasteiger charge is -2.09. The number of carboxylic acids is 1. The topological polar surface area (TPSA) is 80.9 Å². The predicted molar refractivity (Wildman–Crippen MR) is 64.4 cm³/mol. The van der Waals surface area contributed by atoms with Gasteiger partial charge in [0.15, 0.2) is 5.69 Å². The van der Waals surface area contributed by atoms with E-state index in [-0.39, 0.29) is 11.6 Å². The van der Waals surface area contributed by atoms with Crippen molar-refractivity contribution in [2.24, 2.45) is 0 Å². The molecular weight excluding hydrogens is 232 g/mol. The van der Waals surface area contributed by atoms with Gasteiger partial charge in [0, 0.05) is 12.4 Å². The molecule has 0 atom stereocenters. The van der Waals surface area contributed by atoms with Crippen molar-refractivity contribution in [1.29, 1.82) is 0 Å². The number of carboxylic acid groups (broad SMARTS) is 1. The Labute approximate surface area is 104 Å². The van der Waals surface area contributed by atoms with Crippen molar-refractivity contribution >= 4 is 5.97 Å². The molecule has 18 heavy (non-hydrogen) atoms. The number of pyridine rings is 1. The van der Waals surface area contributed by atoms with Gasteiger partial charge in [0.1, 0.15) is 0 Å². The second-order valence-corrected chi connectivity index (χ2v) is 4.30. The number of carbonyl (C=O) groups is 1. The van der Waals surface area contributed by atoms with Crippen LogP contribution in [0.25, 0.3) is 0 Å². The molecule has 2 rings (SSSR count). The minimum absolute atomic E-state index is 0.0221. The van der Waals surface area contributed by atoms with Crippen LogP contribution < -0.4 is 0 Å². The van der Waals surface area contributed by atoms with Crippen molar-refractivity contribution in [1.82, 2.24) is 20.0 Å². The predicted octanol–water partition coefficient (Wildman–Crippen LogP) is 1.54. The van der Waals surface area contributed by atoms with E-state index in [1.165, 1.54) is 0 Å². The van der Waals surface area contributed by atoms with Crippen LogP contribution in [-0.2, 0) is 6.54 Å². The zero-order chi connectivity index (χ0) is 13.1. The van der Waals surface area contributed by atoms with Gasteiger partial charge in [0.05, 0.1) is 12.2 Å². The maximum absolute atomic E-state index is 11.1. The first-order chi connectivity index (χ1) is 8.59. The molecule has 0 saturated carbocycles. The molecule has 0 unspecified atom stereocenters. The molecule has 0 fully saturated rings. The Morgan fingerprint density at radius 2 is 2.28 bits per heavy atom. The summed E-state index contributed by atoms with van der Waals surface area (Å²) in [6.45, 7) is 4.32. The number of aromatic carboxylic acids is 1. The molecule has 0 bridgehead atoms. The number of hydrogen-bond donors (Lipinski definition) is 1. The van der Waals surface area contributed by atoms with Crippen LogP contribution in [0.5, 0.6) is 0 Å². The Bertz CT molecular complexity index is 548. The second-order valence-electron chi connectivity index (χ2n) is 4.30. The highest BCUT2D eigenvalue weighted by Crippen LogP contribution is 2.18. The van der Waals surface area contributed by atoms with E-state index in [9.17, 15) is 4.79 Å². The number of aromatic nitrogens is 4. The van der Waals surface area contributed by atoms with Gasteiger partial charge in [-0.2, -0.15) is 0 Å². The van der Waals surface area contributed by atoms with Gasteiger partial charge in [-0.25, -0.2) is 9.48 Å². The summed E-state index contributed by atoms with van der Waals surface area (Å²) in [6, 6.07) is 3.75. The van der Waals surface area contributed by atoms with Crippen molar-refractivity contribution in [3.05, 3.63) is 41.5 Å². The van der Waals surface area contributed by atoms with Crippen molar-refractivity contribution < 1.29 is 9.90 Å². The van der Waals surface area contributed by atoms with Gasteiger partial charge >= 0.3 is 5.97 Å². The third-order valence-corrected chi connectivity index (χ3v) is 2.58. The third-order valence-electron chi connectivity index (χ3n) is 2.58. The Morgan fingerprint density at radius 3 is 2.83 bits per heavy atom. The maximum atomic E-state index is 11.1. The molecule has 6 heteroatoms. The standard InChI is InChI=1S/C12H14N4O2/c1-8(2)11-10(12(17)18)14-15-16(11)7-9-4-3-5-13-6-9/h3-6,8H,7H2,1-2H3,(H,17,18). The van der Waals surface area contributed by atoms with Crippen LogP contribution in [0.15, 0.2) is 24.5 Å². The van der Waals surface area contributed by atoms with E-state index in [0.717, 1.165) is 5.56 Å². The highest BCUT2D eigenvalue weighted by molar-refractivity contribution is 5.86. The summed E-state index contributed by atoms with van der Waals surface area (Å²) in [5.74, 6) is -1.00. The average Bonchev–Trinajstić information content (AvgIpc) is 2.74. The Hall–Kier alpha value is -2.24. The van der Waals surface area contributed by atoms with E-state index in [2.05, 4.69) is 15.3 Å². The maximum Gasteiger partial charge on any atom is 0.358 e. The SMILES string of the molecule is CC(C)c1c(C(=O)O)nnn1Cc1cccnc1. The van der Waals surface area contributed by atoms with E-state index in [1.54, 1.807) is 17.1 Å². The molecule has 0 radical (unpaired) electrons. The van der Waals surface area contributed by atoms with Gasteiger partial charge in [0.2, 0.25) is 0 Å². The fraction of sp³-hybridized carbons (Fsp3) is 0.333. The normalized spacial score (nSPS) is 10.8. The molecule has 94 valence electrons. The molecule has 0 aliphatic heterocycles. The molecule has 0 aromatic carbocycles. The van der Waals surface area contributed by atoms with E-state index >= 15 is 0 Å². The van der Waals surface area contributed by atoms with Gasteiger partial charge in [-0.05, 0) is 17.5 Å². The van der Waals surface area contributed by atoms with Crippen LogP contribution in [0.3, 0.4) is 0 Å². The minimum Gasteiger partial charge on any atom is -0.476 e. The van der Waals surface area contributed by atoms with Gasteiger partial charge in [0.25, 0.3) is 0 Å². The monoisotopic (exact) mass is 246 g/mol. The van der Waals surface area contributed by atoms with Crippen LogP contribution in [0.2, 0.25) is 0 Å². The Morgan fingerprint density at radius 1 is 1.50 bits per heavy atom. The van der Waals surface area contributed by atoms with Gasteiger partial charge < -0.3 is 5.11 Å². The lowest BCUT2D eigenvalue weighted by molar-refractivity contribution is 0.0688. The zero-order valence-corrected chi connectivity index (χ0v) is 10.2. The molecular formula is C12H14N4O2. The summed E-state index contributed by atoms with van der Waals surface area (Å²) in [4.78, 5) is 15.1. The molecule has 2 aromatic heterocycles. The lowest BCUT2D eigenvalue weighted by Crippen LogP contribution is -2.10. The Balaban J connectivity index is 2.37. The third kappa shape index (κ3) is 2.37. The van der Waals surface area contributed by atoms with E-state index in [0.29, 0.717) is 12.2 Å². The average molecular weight is 246 g/mol. The lowest BCUT2D eigenvalue weighted by atomic mass is 10.1. The van der Waals surface area contributed by atoms with Crippen LogP contribution >= 0.6 is 0 Å². The molecule has 6 nitrogen and oxygen atoms in total. The number of nitrogens with zero attached hydrogens (tertiary/aromatic N) is 4. The first-order valence-corrected chi connectivity index (χ1v) is 5.65. The Kier molecular flexibility index (Phi) is 3.36. The largest absolute Gasteiger partial charge is 0.476 e. The second kappa shape index (κ2) is 4.95. The van der Waals surface area contributed by atoms with Gasteiger partial charge in [-0.15, -0.1) is 5.10 Å². The minimum atomic E-state index is -1.05.